The van der Waals surface area contributed by atoms with Gasteiger partial charge in [-0.05, 0) is 54.7 Å². The molecule has 1 aromatic heterocycles. The Morgan fingerprint density at radius 3 is 2.62 bits per heavy atom. The van der Waals surface area contributed by atoms with Crippen molar-refractivity contribution in [2.24, 2.45) is 0 Å². The van der Waals surface area contributed by atoms with Crippen molar-refractivity contribution >= 4 is 5.91 Å². The van der Waals surface area contributed by atoms with Crippen molar-refractivity contribution in [1.82, 2.24) is 19.7 Å². The molecule has 0 saturated carbocycles. The molecular weight excluding hydrogens is 404 g/mol. The van der Waals surface area contributed by atoms with Gasteiger partial charge in [-0.15, -0.1) is 0 Å². The van der Waals surface area contributed by atoms with Crippen molar-refractivity contribution in [3.63, 3.8) is 0 Å². The number of hydrogen-bond donors (Lipinski definition) is 0. The predicted octanol–water partition coefficient (Wildman–Crippen LogP) is 2.55. The van der Waals surface area contributed by atoms with Crippen LogP contribution in [-0.2, 0) is 17.8 Å². The highest BCUT2D eigenvalue weighted by atomic mass is 16.7. The molecule has 4 heterocycles. The van der Waals surface area contributed by atoms with Gasteiger partial charge in [0, 0.05) is 70.7 Å². The number of pyridine rings is 1. The lowest BCUT2D eigenvalue weighted by molar-refractivity contribution is -0.133. The Hall–Kier alpha value is -2.64. The number of amides is 1. The fraction of sp³-hybridized carbons (Fsp3) is 0.520. The van der Waals surface area contributed by atoms with E-state index < -0.39 is 0 Å². The number of benzene rings is 1. The van der Waals surface area contributed by atoms with Gasteiger partial charge in [-0.1, -0.05) is 6.07 Å². The summed E-state index contributed by atoms with van der Waals surface area (Å²) in [7, 11) is 0. The summed E-state index contributed by atoms with van der Waals surface area (Å²) in [6.07, 6.45) is 7.26. The van der Waals surface area contributed by atoms with Crippen LogP contribution in [0.5, 0.6) is 11.5 Å². The van der Waals surface area contributed by atoms with Crippen LogP contribution in [0.3, 0.4) is 0 Å². The topological polar surface area (TPSA) is 58.1 Å². The van der Waals surface area contributed by atoms with Crippen LogP contribution in [0.4, 0.5) is 0 Å². The number of carbonyl (C=O) groups is 1. The molecule has 0 spiro atoms. The summed E-state index contributed by atoms with van der Waals surface area (Å²) in [6.45, 7) is 7.27. The summed E-state index contributed by atoms with van der Waals surface area (Å²) in [6, 6.07) is 10.7. The molecule has 5 rings (SSSR count). The number of ether oxygens (including phenoxy) is 2. The first-order valence-electron chi connectivity index (χ1n) is 11.8. The molecule has 0 unspecified atom stereocenters. The van der Waals surface area contributed by atoms with Gasteiger partial charge in [0.05, 0.1) is 0 Å². The van der Waals surface area contributed by atoms with Crippen LogP contribution in [-0.4, -0.2) is 77.7 Å². The fourth-order valence-electron chi connectivity index (χ4n) is 5.02. The minimum Gasteiger partial charge on any atom is -0.454 e. The van der Waals surface area contributed by atoms with Crippen LogP contribution in [0.15, 0.2) is 42.7 Å². The quantitative estimate of drug-likeness (QED) is 0.694. The Bertz CT molecular complexity index is 915. The molecule has 1 amide bonds. The standard InChI is InChI=1S/C25H32N4O3/c30-25(6-4-20-7-9-26-10-8-20)29-11-1-2-22(18-29)28-14-12-27(13-15-28)17-21-3-5-23-24(16-21)32-19-31-23/h3,5,7-10,16,22H,1-2,4,6,11-15,17-19H2/t22-/m1/s1. The molecule has 0 radical (unpaired) electrons. The molecule has 170 valence electrons. The lowest BCUT2D eigenvalue weighted by atomic mass is 10.0. The molecule has 7 nitrogen and oxygen atoms in total. The van der Waals surface area contributed by atoms with Gasteiger partial charge in [0.1, 0.15) is 0 Å². The number of aryl methyl sites for hydroxylation is 1. The lowest BCUT2D eigenvalue weighted by Crippen LogP contribution is -2.55. The highest BCUT2D eigenvalue weighted by molar-refractivity contribution is 5.76. The fourth-order valence-corrected chi connectivity index (χ4v) is 5.02. The molecule has 0 N–H and O–H groups in total. The van der Waals surface area contributed by atoms with Gasteiger partial charge in [-0.25, -0.2) is 0 Å². The zero-order chi connectivity index (χ0) is 21.8. The summed E-state index contributed by atoms with van der Waals surface area (Å²) < 4.78 is 10.9. The van der Waals surface area contributed by atoms with Gasteiger partial charge < -0.3 is 14.4 Å². The molecule has 2 fully saturated rings. The Kier molecular flexibility index (Phi) is 6.55. The van der Waals surface area contributed by atoms with E-state index in [1.165, 1.54) is 17.5 Å². The van der Waals surface area contributed by atoms with Crippen LogP contribution in [0.1, 0.15) is 30.4 Å². The minimum absolute atomic E-state index is 0.285. The van der Waals surface area contributed by atoms with Gasteiger partial charge in [0.2, 0.25) is 12.7 Å². The van der Waals surface area contributed by atoms with E-state index in [-0.39, 0.29) is 5.91 Å². The normalized spacial score (nSPS) is 21.6. The first-order valence-corrected chi connectivity index (χ1v) is 11.8. The highest BCUT2D eigenvalue weighted by Gasteiger charge is 2.30. The Morgan fingerprint density at radius 1 is 0.969 bits per heavy atom. The monoisotopic (exact) mass is 436 g/mol. The number of piperidine rings is 1. The smallest absolute Gasteiger partial charge is 0.231 e. The number of fused-ring (bicyclic) bond motifs is 1. The van der Waals surface area contributed by atoms with Crippen molar-refractivity contribution < 1.29 is 14.3 Å². The Balaban J connectivity index is 1.08. The van der Waals surface area contributed by atoms with E-state index in [2.05, 4.69) is 31.8 Å². The molecule has 32 heavy (non-hydrogen) atoms. The lowest BCUT2D eigenvalue weighted by Gasteiger charge is -2.43. The second kappa shape index (κ2) is 9.88. The van der Waals surface area contributed by atoms with Crippen LogP contribution in [0.2, 0.25) is 0 Å². The number of rotatable bonds is 6. The number of aromatic nitrogens is 1. The maximum Gasteiger partial charge on any atom is 0.231 e. The minimum atomic E-state index is 0.285. The van der Waals surface area contributed by atoms with Crippen molar-refractivity contribution in [2.75, 3.05) is 46.1 Å². The maximum absolute atomic E-state index is 12.8. The number of carbonyl (C=O) groups excluding carboxylic acids is 1. The van der Waals surface area contributed by atoms with E-state index >= 15 is 0 Å². The zero-order valence-electron chi connectivity index (χ0n) is 18.6. The second-order valence-corrected chi connectivity index (χ2v) is 8.99. The highest BCUT2D eigenvalue weighted by Crippen LogP contribution is 2.33. The van der Waals surface area contributed by atoms with Gasteiger partial charge in [-0.2, -0.15) is 0 Å². The summed E-state index contributed by atoms with van der Waals surface area (Å²) in [5.74, 6) is 1.99. The van der Waals surface area contributed by atoms with Gasteiger partial charge in [0.15, 0.2) is 11.5 Å². The van der Waals surface area contributed by atoms with Crippen molar-refractivity contribution in [3.05, 3.63) is 53.9 Å². The molecule has 0 bridgehead atoms. The largest absolute Gasteiger partial charge is 0.454 e. The van der Waals surface area contributed by atoms with Gasteiger partial charge >= 0.3 is 0 Å². The van der Waals surface area contributed by atoms with E-state index in [4.69, 9.17) is 9.47 Å². The Labute approximate surface area is 189 Å². The average molecular weight is 437 g/mol. The van der Waals surface area contributed by atoms with Crippen molar-refractivity contribution in [2.45, 2.75) is 38.3 Å². The molecule has 2 aromatic rings. The SMILES string of the molecule is O=C(CCc1ccncc1)N1CCC[C@@H](N2CCN(Cc3ccc4c(c3)OCO4)CC2)C1. The molecule has 0 aliphatic carbocycles. The van der Waals surface area contributed by atoms with Gasteiger partial charge in [0.25, 0.3) is 0 Å². The molecule has 2 saturated heterocycles. The first kappa shape index (κ1) is 21.2. The second-order valence-electron chi connectivity index (χ2n) is 8.99. The number of nitrogens with zero attached hydrogens (tertiary/aromatic N) is 4. The molecule has 1 aromatic carbocycles. The van der Waals surface area contributed by atoms with Gasteiger partial charge in [-0.3, -0.25) is 19.6 Å². The van der Waals surface area contributed by atoms with E-state index in [0.29, 0.717) is 19.3 Å². The number of likely N-dealkylation sites (tertiary alicyclic amines) is 1. The summed E-state index contributed by atoms with van der Waals surface area (Å²) >= 11 is 0. The van der Waals surface area contributed by atoms with E-state index in [0.717, 1.165) is 70.2 Å². The van der Waals surface area contributed by atoms with Crippen LogP contribution in [0, 0.1) is 0 Å². The number of piperazine rings is 1. The number of hydrogen-bond acceptors (Lipinski definition) is 6. The van der Waals surface area contributed by atoms with Crippen LogP contribution < -0.4 is 9.47 Å². The van der Waals surface area contributed by atoms with Crippen LogP contribution >= 0.6 is 0 Å². The summed E-state index contributed by atoms with van der Waals surface area (Å²) in [4.78, 5) is 24.0. The molecule has 7 heteroatoms. The third-order valence-corrected chi connectivity index (χ3v) is 6.89. The first-order chi connectivity index (χ1) is 15.7. The predicted molar refractivity (Wildman–Crippen MR) is 122 cm³/mol. The van der Waals surface area contributed by atoms with E-state index in [1.54, 1.807) is 12.4 Å². The van der Waals surface area contributed by atoms with Crippen molar-refractivity contribution in [3.8, 4) is 11.5 Å². The molecule has 3 aliphatic heterocycles. The van der Waals surface area contributed by atoms with E-state index in [9.17, 15) is 4.79 Å². The van der Waals surface area contributed by atoms with Crippen LogP contribution in [0.25, 0.3) is 0 Å². The summed E-state index contributed by atoms with van der Waals surface area (Å²) in [5, 5.41) is 0. The molecule has 1 atom stereocenters. The average Bonchev–Trinajstić information content (AvgIpc) is 3.32. The zero-order valence-corrected chi connectivity index (χ0v) is 18.6. The van der Waals surface area contributed by atoms with E-state index in [1.807, 2.05) is 18.2 Å². The Morgan fingerprint density at radius 2 is 1.78 bits per heavy atom. The third-order valence-electron chi connectivity index (χ3n) is 6.89. The molecule has 3 aliphatic rings. The molecular formula is C25H32N4O3. The maximum atomic E-state index is 12.8. The van der Waals surface area contributed by atoms with Crippen molar-refractivity contribution in [1.29, 1.82) is 0 Å². The summed E-state index contributed by atoms with van der Waals surface area (Å²) in [5.41, 5.74) is 2.45. The third kappa shape index (κ3) is 5.05.